The number of benzene rings is 2. The van der Waals surface area contributed by atoms with Crippen molar-refractivity contribution < 1.29 is 4.39 Å². The van der Waals surface area contributed by atoms with Gasteiger partial charge >= 0.3 is 0 Å². The first-order chi connectivity index (χ1) is 9.74. The Balaban J connectivity index is 2.28. The highest BCUT2D eigenvalue weighted by molar-refractivity contribution is 5.33. The summed E-state index contributed by atoms with van der Waals surface area (Å²) in [7, 11) is 0. The topological polar surface area (TPSA) is 12.0 Å². The lowest BCUT2D eigenvalue weighted by atomic mass is 9.97. The van der Waals surface area contributed by atoms with Crippen molar-refractivity contribution in [3.63, 3.8) is 0 Å². The van der Waals surface area contributed by atoms with Gasteiger partial charge < -0.3 is 5.32 Å². The minimum absolute atomic E-state index is 0.0476. The van der Waals surface area contributed by atoms with Gasteiger partial charge in [0.1, 0.15) is 5.82 Å². The van der Waals surface area contributed by atoms with Crippen LogP contribution in [-0.4, -0.2) is 6.54 Å². The lowest BCUT2D eigenvalue weighted by molar-refractivity contribution is 0.603. The van der Waals surface area contributed by atoms with Crippen molar-refractivity contribution in [3.05, 3.63) is 71.0 Å². The molecule has 1 unspecified atom stereocenters. The van der Waals surface area contributed by atoms with Crippen LogP contribution in [0.2, 0.25) is 0 Å². The summed E-state index contributed by atoms with van der Waals surface area (Å²) < 4.78 is 13.4. The fraction of sp³-hybridized carbons (Fsp3) is 0.333. The molecule has 1 nitrogen and oxygen atoms in total. The summed E-state index contributed by atoms with van der Waals surface area (Å²) in [5.74, 6) is -0.187. The third kappa shape index (κ3) is 3.67. The molecule has 20 heavy (non-hydrogen) atoms. The molecule has 0 saturated carbocycles. The highest BCUT2D eigenvalue weighted by atomic mass is 19.1. The summed E-state index contributed by atoms with van der Waals surface area (Å²) in [6.45, 7) is 5.09. The van der Waals surface area contributed by atoms with Crippen molar-refractivity contribution in [2.24, 2.45) is 0 Å². The molecule has 0 spiro atoms. The zero-order valence-electron chi connectivity index (χ0n) is 12.2. The van der Waals surface area contributed by atoms with Crippen molar-refractivity contribution in [1.82, 2.24) is 5.32 Å². The summed E-state index contributed by atoms with van der Waals surface area (Å²) in [6.07, 6.45) is 2.26. The summed E-state index contributed by atoms with van der Waals surface area (Å²) in [4.78, 5) is 0. The first kappa shape index (κ1) is 14.7. The molecule has 2 aromatic rings. The number of hydrogen-bond donors (Lipinski definition) is 1. The molecule has 0 amide bonds. The smallest absolute Gasteiger partial charge is 0.123 e. The zero-order chi connectivity index (χ0) is 14.4. The van der Waals surface area contributed by atoms with Gasteiger partial charge in [0.15, 0.2) is 0 Å². The highest BCUT2D eigenvalue weighted by Crippen LogP contribution is 2.23. The predicted molar refractivity (Wildman–Crippen MR) is 82.4 cm³/mol. The molecule has 0 aliphatic rings. The Labute approximate surface area is 120 Å². The fourth-order valence-corrected chi connectivity index (χ4v) is 2.48. The zero-order valence-corrected chi connectivity index (χ0v) is 12.2. The first-order valence-corrected chi connectivity index (χ1v) is 7.32. The lowest BCUT2D eigenvalue weighted by Gasteiger charge is -2.19. The Kier molecular flexibility index (Phi) is 5.31. The van der Waals surface area contributed by atoms with Gasteiger partial charge in [0.05, 0.1) is 6.04 Å². The molecule has 1 atom stereocenters. The van der Waals surface area contributed by atoms with Crippen LogP contribution in [0.1, 0.15) is 43.0 Å². The third-order valence-electron chi connectivity index (χ3n) is 3.44. The molecule has 0 aromatic heterocycles. The van der Waals surface area contributed by atoms with E-state index >= 15 is 0 Å². The van der Waals surface area contributed by atoms with E-state index in [0.717, 1.165) is 24.9 Å². The van der Waals surface area contributed by atoms with Crippen LogP contribution in [0.5, 0.6) is 0 Å². The maximum Gasteiger partial charge on any atom is 0.123 e. The van der Waals surface area contributed by atoms with Gasteiger partial charge in [-0.25, -0.2) is 4.39 Å². The minimum atomic E-state index is -0.187. The van der Waals surface area contributed by atoms with Crippen molar-refractivity contribution in [2.45, 2.75) is 32.7 Å². The average Bonchev–Trinajstić information content (AvgIpc) is 2.46. The summed E-state index contributed by atoms with van der Waals surface area (Å²) in [5, 5.41) is 3.43. The Morgan fingerprint density at radius 2 is 1.75 bits per heavy atom. The molecule has 0 aliphatic carbocycles. The molecule has 0 bridgehead atoms. The Hall–Kier alpha value is -1.67. The van der Waals surface area contributed by atoms with Crippen LogP contribution in [-0.2, 0) is 6.42 Å². The molecule has 0 radical (unpaired) electrons. The van der Waals surface area contributed by atoms with Crippen LogP contribution < -0.4 is 5.32 Å². The van der Waals surface area contributed by atoms with Crippen LogP contribution in [0, 0.1) is 5.82 Å². The summed E-state index contributed by atoms with van der Waals surface area (Å²) >= 11 is 0. The number of halogens is 1. The molecule has 0 aliphatic heterocycles. The van der Waals surface area contributed by atoms with Crippen molar-refractivity contribution in [3.8, 4) is 0 Å². The highest BCUT2D eigenvalue weighted by Gasteiger charge is 2.13. The molecule has 0 saturated heterocycles. The van der Waals surface area contributed by atoms with E-state index < -0.39 is 0 Å². The second-order valence-corrected chi connectivity index (χ2v) is 5.04. The van der Waals surface area contributed by atoms with Gasteiger partial charge in [-0.05, 0) is 41.8 Å². The van der Waals surface area contributed by atoms with E-state index in [2.05, 4.69) is 43.4 Å². The van der Waals surface area contributed by atoms with E-state index in [1.165, 1.54) is 17.2 Å². The third-order valence-corrected chi connectivity index (χ3v) is 3.44. The first-order valence-electron chi connectivity index (χ1n) is 7.32. The Morgan fingerprint density at radius 1 is 1.00 bits per heavy atom. The largest absolute Gasteiger partial charge is 0.307 e. The van der Waals surface area contributed by atoms with Gasteiger partial charge in [-0.15, -0.1) is 0 Å². The van der Waals surface area contributed by atoms with Crippen LogP contribution in [0.3, 0.4) is 0 Å². The number of nitrogens with one attached hydrogen (secondary N) is 1. The summed E-state index contributed by atoms with van der Waals surface area (Å²) in [6, 6.07) is 15.5. The maximum absolute atomic E-state index is 13.4. The Morgan fingerprint density at radius 3 is 2.35 bits per heavy atom. The van der Waals surface area contributed by atoms with E-state index in [4.69, 9.17) is 0 Å². The number of aryl methyl sites for hydroxylation is 1. The molecule has 2 aromatic carbocycles. The molecule has 2 heteroatoms. The van der Waals surface area contributed by atoms with Gasteiger partial charge in [-0.1, -0.05) is 56.7 Å². The fourth-order valence-electron chi connectivity index (χ4n) is 2.48. The van der Waals surface area contributed by atoms with Gasteiger partial charge in [-0.3, -0.25) is 0 Å². The predicted octanol–water partition coefficient (Wildman–Crippen LogP) is 4.48. The second kappa shape index (κ2) is 7.20. The quantitative estimate of drug-likeness (QED) is 0.817. The second-order valence-electron chi connectivity index (χ2n) is 5.04. The normalized spacial score (nSPS) is 12.3. The van der Waals surface area contributed by atoms with Crippen molar-refractivity contribution in [1.29, 1.82) is 0 Å². The standard InChI is InChI=1S/C18H22FN/c1-3-6-14-9-11-15(12-10-14)18(20-4-2)16-7-5-8-17(19)13-16/h5,7-13,18,20H,3-4,6H2,1-2H3. The van der Waals surface area contributed by atoms with E-state index in [-0.39, 0.29) is 11.9 Å². The molecule has 0 fully saturated rings. The van der Waals surface area contributed by atoms with E-state index in [1.54, 1.807) is 12.1 Å². The maximum atomic E-state index is 13.4. The van der Waals surface area contributed by atoms with Crippen molar-refractivity contribution >= 4 is 0 Å². The lowest BCUT2D eigenvalue weighted by Crippen LogP contribution is -2.22. The molecule has 1 N–H and O–H groups in total. The van der Waals surface area contributed by atoms with E-state index in [0.29, 0.717) is 0 Å². The van der Waals surface area contributed by atoms with Gasteiger partial charge in [0.2, 0.25) is 0 Å². The van der Waals surface area contributed by atoms with Crippen molar-refractivity contribution in [2.75, 3.05) is 6.54 Å². The number of hydrogen-bond acceptors (Lipinski definition) is 1. The van der Waals surface area contributed by atoms with Crippen LogP contribution in [0.25, 0.3) is 0 Å². The van der Waals surface area contributed by atoms with E-state index in [1.807, 2.05) is 6.07 Å². The monoisotopic (exact) mass is 271 g/mol. The van der Waals surface area contributed by atoms with Gasteiger partial charge in [-0.2, -0.15) is 0 Å². The molecular formula is C18H22FN. The molecule has 106 valence electrons. The van der Waals surface area contributed by atoms with E-state index in [9.17, 15) is 4.39 Å². The Bertz CT molecular complexity index is 533. The summed E-state index contributed by atoms with van der Waals surface area (Å²) in [5.41, 5.74) is 3.50. The van der Waals surface area contributed by atoms with Crippen LogP contribution in [0.15, 0.2) is 48.5 Å². The molecule has 0 heterocycles. The molecular weight excluding hydrogens is 249 g/mol. The SMILES string of the molecule is CCCc1ccc(C(NCC)c2cccc(F)c2)cc1. The number of rotatable bonds is 6. The van der Waals surface area contributed by atoms with Crippen LogP contribution >= 0.6 is 0 Å². The average molecular weight is 271 g/mol. The van der Waals surface area contributed by atoms with Crippen LogP contribution in [0.4, 0.5) is 4.39 Å². The minimum Gasteiger partial charge on any atom is -0.307 e. The molecule has 2 rings (SSSR count). The van der Waals surface area contributed by atoms with Gasteiger partial charge in [0, 0.05) is 0 Å². The van der Waals surface area contributed by atoms with Gasteiger partial charge in [0.25, 0.3) is 0 Å².